The van der Waals surface area contributed by atoms with Crippen LogP contribution in [0.5, 0.6) is 5.75 Å². The van der Waals surface area contributed by atoms with Gasteiger partial charge in [-0.1, -0.05) is 0 Å². The fourth-order valence-corrected chi connectivity index (χ4v) is 4.55. The molecule has 11 heteroatoms. The smallest absolute Gasteiger partial charge is 0.262 e. The summed E-state index contributed by atoms with van der Waals surface area (Å²) in [6, 6.07) is 4.75. The Kier molecular flexibility index (Phi) is 6.75. The Bertz CT molecular complexity index is 951. The molecule has 29 heavy (non-hydrogen) atoms. The average molecular weight is 422 g/mol. The quantitative estimate of drug-likeness (QED) is 0.357. The number of carbonyl (C=O) groups is 1. The summed E-state index contributed by atoms with van der Waals surface area (Å²) in [4.78, 5) is 20.5. The van der Waals surface area contributed by atoms with E-state index in [1.807, 2.05) is 6.92 Å². The van der Waals surface area contributed by atoms with Gasteiger partial charge in [0.1, 0.15) is 18.4 Å². The number of ether oxygens (including phenoxy) is 2. The van der Waals surface area contributed by atoms with Crippen molar-refractivity contribution in [2.24, 2.45) is 0 Å². The standard InChI is InChI=1S/C18H22N4O6S/c1-2-27-9-10-28-13-3-5-14(6-4-13)29(25,26)22-12-16-15(19-7-8-20-16)11-17(22)18(23)21-24/h3-8,17,24H,2,9-12H2,1H3,(H,21,23). The number of aromatic nitrogens is 2. The first kappa shape index (κ1) is 21.1. The topological polar surface area (TPSA) is 131 Å². The van der Waals surface area contributed by atoms with Gasteiger partial charge < -0.3 is 9.47 Å². The normalized spacial score (nSPS) is 16.8. The van der Waals surface area contributed by atoms with E-state index < -0.39 is 22.0 Å². The molecule has 3 rings (SSSR count). The van der Waals surface area contributed by atoms with Gasteiger partial charge in [0.25, 0.3) is 5.91 Å². The van der Waals surface area contributed by atoms with Gasteiger partial charge in [-0.25, -0.2) is 13.9 Å². The highest BCUT2D eigenvalue weighted by atomic mass is 32.2. The van der Waals surface area contributed by atoms with Gasteiger partial charge in [-0.05, 0) is 31.2 Å². The molecule has 1 amide bonds. The number of nitrogens with one attached hydrogen (secondary N) is 1. The van der Waals surface area contributed by atoms with Crippen molar-refractivity contribution in [3.05, 3.63) is 48.0 Å². The van der Waals surface area contributed by atoms with Crippen molar-refractivity contribution < 1.29 is 27.9 Å². The number of rotatable bonds is 8. The van der Waals surface area contributed by atoms with E-state index in [2.05, 4.69) is 9.97 Å². The highest BCUT2D eigenvalue weighted by Gasteiger charge is 2.40. The van der Waals surface area contributed by atoms with Crippen LogP contribution >= 0.6 is 0 Å². The second-order valence-electron chi connectivity index (χ2n) is 6.21. The van der Waals surface area contributed by atoms with Crippen LogP contribution in [0.15, 0.2) is 41.6 Å². The molecule has 2 heterocycles. The molecule has 10 nitrogen and oxygen atoms in total. The lowest BCUT2D eigenvalue weighted by atomic mass is 10.0. The zero-order valence-corrected chi connectivity index (χ0v) is 16.6. The van der Waals surface area contributed by atoms with Gasteiger partial charge in [-0.15, -0.1) is 0 Å². The molecule has 0 saturated carbocycles. The van der Waals surface area contributed by atoms with Gasteiger partial charge in [0.05, 0.1) is 29.4 Å². The molecule has 2 aromatic rings. The molecule has 1 aromatic carbocycles. The molecule has 0 saturated heterocycles. The van der Waals surface area contributed by atoms with Crippen molar-refractivity contribution in [1.82, 2.24) is 19.8 Å². The van der Waals surface area contributed by atoms with Gasteiger partial charge in [0.15, 0.2) is 0 Å². The fourth-order valence-electron chi connectivity index (χ4n) is 3.00. The molecule has 0 aliphatic carbocycles. The maximum atomic E-state index is 13.2. The summed E-state index contributed by atoms with van der Waals surface area (Å²) < 4.78 is 38.1. The molecule has 1 aliphatic rings. The van der Waals surface area contributed by atoms with Gasteiger partial charge in [0, 0.05) is 25.4 Å². The van der Waals surface area contributed by atoms with Crippen LogP contribution in [0.1, 0.15) is 18.3 Å². The minimum Gasteiger partial charge on any atom is -0.491 e. The van der Waals surface area contributed by atoms with E-state index in [1.165, 1.54) is 42.1 Å². The highest BCUT2D eigenvalue weighted by Crippen LogP contribution is 2.28. The lowest BCUT2D eigenvalue weighted by molar-refractivity contribution is -0.133. The molecule has 1 atom stereocenters. The molecule has 0 spiro atoms. The molecular weight excluding hydrogens is 400 g/mol. The molecular formula is C18H22N4O6S. The van der Waals surface area contributed by atoms with Crippen molar-refractivity contribution in [2.75, 3.05) is 19.8 Å². The number of fused-ring (bicyclic) bond motifs is 1. The van der Waals surface area contributed by atoms with Gasteiger partial charge >= 0.3 is 0 Å². The van der Waals surface area contributed by atoms with Crippen LogP contribution in [-0.4, -0.2) is 59.7 Å². The van der Waals surface area contributed by atoms with E-state index in [0.717, 1.165) is 4.31 Å². The molecule has 0 radical (unpaired) electrons. The third-order valence-corrected chi connectivity index (χ3v) is 6.31. The van der Waals surface area contributed by atoms with Crippen LogP contribution in [-0.2, 0) is 32.5 Å². The summed E-state index contributed by atoms with van der Waals surface area (Å²) in [5.74, 6) is -0.330. The van der Waals surface area contributed by atoms with E-state index in [-0.39, 0.29) is 17.9 Å². The van der Waals surface area contributed by atoms with Crippen molar-refractivity contribution >= 4 is 15.9 Å². The van der Waals surface area contributed by atoms with Crippen molar-refractivity contribution in [3.63, 3.8) is 0 Å². The summed E-state index contributed by atoms with van der Waals surface area (Å²) in [7, 11) is -4.04. The summed E-state index contributed by atoms with van der Waals surface area (Å²) in [6.45, 7) is 3.13. The monoisotopic (exact) mass is 422 g/mol. The number of benzene rings is 1. The first-order valence-corrected chi connectivity index (χ1v) is 10.5. The predicted octanol–water partition coefficient (Wildman–Crippen LogP) is 0.513. The lowest BCUT2D eigenvalue weighted by Crippen LogP contribution is -2.52. The lowest BCUT2D eigenvalue weighted by Gasteiger charge is -2.33. The Labute approximate surface area is 168 Å². The van der Waals surface area contributed by atoms with Gasteiger partial charge in [-0.3, -0.25) is 20.0 Å². The third kappa shape index (κ3) is 4.70. The zero-order valence-electron chi connectivity index (χ0n) is 15.8. The van der Waals surface area contributed by atoms with E-state index in [0.29, 0.717) is 37.0 Å². The minimum atomic E-state index is -4.04. The zero-order chi connectivity index (χ0) is 20.9. The Morgan fingerprint density at radius 1 is 1.21 bits per heavy atom. The summed E-state index contributed by atoms with van der Waals surface area (Å²) in [6.07, 6.45) is 2.94. The molecule has 0 bridgehead atoms. The average Bonchev–Trinajstić information content (AvgIpc) is 2.75. The fraction of sp³-hybridized carbons (Fsp3) is 0.389. The molecule has 2 N–H and O–H groups in total. The second-order valence-corrected chi connectivity index (χ2v) is 8.10. The number of nitrogens with zero attached hydrogens (tertiary/aromatic N) is 3. The Morgan fingerprint density at radius 2 is 1.90 bits per heavy atom. The van der Waals surface area contributed by atoms with E-state index in [9.17, 15) is 13.2 Å². The summed E-state index contributed by atoms with van der Waals surface area (Å²) in [5.41, 5.74) is 2.52. The molecule has 1 aromatic heterocycles. The van der Waals surface area contributed by atoms with Gasteiger partial charge in [-0.2, -0.15) is 4.31 Å². The number of hydrogen-bond acceptors (Lipinski definition) is 8. The minimum absolute atomic E-state index is 0.00209. The van der Waals surface area contributed by atoms with Crippen LogP contribution < -0.4 is 10.2 Å². The van der Waals surface area contributed by atoms with Crippen LogP contribution in [0.25, 0.3) is 0 Å². The third-order valence-electron chi connectivity index (χ3n) is 4.44. The van der Waals surface area contributed by atoms with Crippen LogP contribution in [0.3, 0.4) is 0 Å². The van der Waals surface area contributed by atoms with E-state index >= 15 is 0 Å². The summed E-state index contributed by atoms with van der Waals surface area (Å²) >= 11 is 0. The molecule has 1 aliphatic heterocycles. The van der Waals surface area contributed by atoms with Crippen LogP contribution in [0, 0.1) is 0 Å². The molecule has 1 unspecified atom stereocenters. The second kappa shape index (κ2) is 9.27. The number of hydroxylamine groups is 1. The van der Waals surface area contributed by atoms with Crippen molar-refractivity contribution in [1.29, 1.82) is 0 Å². The van der Waals surface area contributed by atoms with Crippen LogP contribution in [0.2, 0.25) is 0 Å². The van der Waals surface area contributed by atoms with Gasteiger partial charge in [0.2, 0.25) is 10.0 Å². The number of sulfonamides is 1. The van der Waals surface area contributed by atoms with E-state index in [1.54, 1.807) is 0 Å². The first-order chi connectivity index (χ1) is 14.0. The maximum Gasteiger partial charge on any atom is 0.262 e. The first-order valence-electron chi connectivity index (χ1n) is 9.02. The van der Waals surface area contributed by atoms with Crippen LogP contribution in [0.4, 0.5) is 0 Å². The number of carbonyl (C=O) groups excluding carboxylic acids is 1. The molecule has 0 fully saturated rings. The van der Waals surface area contributed by atoms with Crippen molar-refractivity contribution in [3.8, 4) is 5.75 Å². The Morgan fingerprint density at radius 3 is 2.55 bits per heavy atom. The van der Waals surface area contributed by atoms with E-state index in [4.69, 9.17) is 14.7 Å². The molecule has 156 valence electrons. The highest BCUT2D eigenvalue weighted by molar-refractivity contribution is 7.89. The number of amides is 1. The SMILES string of the molecule is CCOCCOc1ccc(S(=O)(=O)N2Cc3nccnc3CC2C(=O)NO)cc1. The largest absolute Gasteiger partial charge is 0.491 e. The number of hydrogen-bond donors (Lipinski definition) is 2. The summed E-state index contributed by atoms with van der Waals surface area (Å²) in [5, 5.41) is 9.06. The Hall–Kier alpha value is -2.60. The maximum absolute atomic E-state index is 13.2. The predicted molar refractivity (Wildman–Crippen MR) is 101 cm³/mol. The van der Waals surface area contributed by atoms with Crippen molar-refractivity contribution in [2.45, 2.75) is 30.8 Å². The Balaban J connectivity index is 1.83.